The number of aromatic amines is 2. The number of hydrogen-bond acceptors (Lipinski definition) is 9. The van der Waals surface area contributed by atoms with Gasteiger partial charge in [0.1, 0.15) is 18.5 Å². The van der Waals surface area contributed by atoms with Gasteiger partial charge in [-0.25, -0.2) is 9.78 Å². The molecule has 1 unspecified atom stereocenters. The SMILES string of the molecule is CCOCCC(=O)N(CCOCOC)C(=O)CCC(NC(=O)c1ccc(CCc2c[nH]c3nc[nH]c(=O)c23)cc1)C(=O)O. The number of amides is 3. The molecule has 2 heterocycles. The molecule has 1 atom stereocenters. The number of aryl methyl sites for hydroxylation is 2. The second kappa shape index (κ2) is 16.9. The van der Waals surface area contributed by atoms with Crippen LogP contribution in [-0.4, -0.2) is 95.0 Å². The van der Waals surface area contributed by atoms with Crippen LogP contribution in [0.1, 0.15) is 47.7 Å². The summed E-state index contributed by atoms with van der Waals surface area (Å²) >= 11 is 0. The predicted molar refractivity (Wildman–Crippen MR) is 154 cm³/mol. The Labute approximate surface area is 247 Å². The van der Waals surface area contributed by atoms with Gasteiger partial charge < -0.3 is 34.6 Å². The molecule has 0 saturated heterocycles. The van der Waals surface area contributed by atoms with Crippen molar-refractivity contribution in [3.63, 3.8) is 0 Å². The highest BCUT2D eigenvalue weighted by molar-refractivity contribution is 5.97. The van der Waals surface area contributed by atoms with E-state index >= 15 is 0 Å². The van der Waals surface area contributed by atoms with Gasteiger partial charge in [0, 0.05) is 31.9 Å². The molecule has 0 radical (unpaired) electrons. The van der Waals surface area contributed by atoms with Gasteiger partial charge in [0.25, 0.3) is 11.5 Å². The van der Waals surface area contributed by atoms with Crippen LogP contribution in [-0.2, 0) is 41.4 Å². The van der Waals surface area contributed by atoms with Crippen LogP contribution < -0.4 is 10.9 Å². The van der Waals surface area contributed by atoms with E-state index < -0.39 is 29.7 Å². The summed E-state index contributed by atoms with van der Waals surface area (Å²) in [7, 11) is 1.44. The van der Waals surface area contributed by atoms with E-state index in [2.05, 4.69) is 20.3 Å². The van der Waals surface area contributed by atoms with E-state index in [0.717, 1.165) is 16.0 Å². The minimum absolute atomic E-state index is 0.00774. The highest BCUT2D eigenvalue weighted by Gasteiger charge is 2.26. The van der Waals surface area contributed by atoms with Crippen LogP contribution in [0.25, 0.3) is 11.0 Å². The normalized spacial score (nSPS) is 11.8. The summed E-state index contributed by atoms with van der Waals surface area (Å²) in [6.07, 6.45) is 3.73. The largest absolute Gasteiger partial charge is 0.480 e. The van der Waals surface area contributed by atoms with Crippen molar-refractivity contribution in [3.05, 3.63) is 63.8 Å². The molecule has 0 bridgehead atoms. The molecule has 0 aliphatic carbocycles. The van der Waals surface area contributed by atoms with Gasteiger partial charge in [-0.2, -0.15) is 0 Å². The van der Waals surface area contributed by atoms with Gasteiger partial charge in [0.05, 0.1) is 37.9 Å². The predicted octanol–water partition coefficient (Wildman–Crippen LogP) is 1.40. The van der Waals surface area contributed by atoms with E-state index in [-0.39, 0.29) is 56.9 Å². The first-order valence-corrected chi connectivity index (χ1v) is 13.9. The zero-order valence-electron chi connectivity index (χ0n) is 24.2. The molecule has 3 amide bonds. The Hall–Kier alpha value is -4.40. The van der Waals surface area contributed by atoms with Crippen LogP contribution in [0.4, 0.5) is 0 Å². The van der Waals surface area contributed by atoms with E-state index in [4.69, 9.17) is 14.2 Å². The molecule has 0 aliphatic heterocycles. The monoisotopic (exact) mass is 599 g/mol. The summed E-state index contributed by atoms with van der Waals surface area (Å²) in [5, 5.41) is 12.6. The Bertz CT molecular complexity index is 1430. The Balaban J connectivity index is 1.56. The number of carboxylic acids is 1. The number of aliphatic carboxylic acids is 1. The summed E-state index contributed by atoms with van der Waals surface area (Å²) in [6, 6.07) is 5.31. The lowest BCUT2D eigenvalue weighted by atomic mass is 10.0. The summed E-state index contributed by atoms with van der Waals surface area (Å²) in [4.78, 5) is 73.0. The maximum absolute atomic E-state index is 12.9. The van der Waals surface area contributed by atoms with Gasteiger partial charge in [-0.15, -0.1) is 0 Å². The lowest BCUT2D eigenvalue weighted by Gasteiger charge is -2.22. The number of ether oxygens (including phenoxy) is 3. The van der Waals surface area contributed by atoms with Crippen LogP contribution in [0.2, 0.25) is 0 Å². The second-order valence-electron chi connectivity index (χ2n) is 9.57. The fourth-order valence-electron chi connectivity index (χ4n) is 4.36. The lowest BCUT2D eigenvalue weighted by Crippen LogP contribution is -2.43. The topological polar surface area (TPSA) is 193 Å². The van der Waals surface area contributed by atoms with Crippen LogP contribution in [0.5, 0.6) is 0 Å². The Morgan fingerprint density at radius 2 is 1.77 bits per heavy atom. The molecule has 43 heavy (non-hydrogen) atoms. The Morgan fingerprint density at radius 1 is 1.02 bits per heavy atom. The molecule has 3 aromatic rings. The maximum Gasteiger partial charge on any atom is 0.326 e. The highest BCUT2D eigenvalue weighted by atomic mass is 16.7. The number of nitrogens with zero attached hydrogens (tertiary/aromatic N) is 2. The number of nitrogens with one attached hydrogen (secondary N) is 3. The van der Waals surface area contributed by atoms with Gasteiger partial charge in [-0.3, -0.25) is 24.1 Å². The van der Waals surface area contributed by atoms with Crippen LogP contribution >= 0.6 is 0 Å². The molecular weight excluding hydrogens is 562 g/mol. The third kappa shape index (κ3) is 9.84. The number of H-pyrrole nitrogens is 2. The highest BCUT2D eigenvalue weighted by Crippen LogP contribution is 2.15. The molecule has 14 nitrogen and oxygen atoms in total. The molecule has 2 aromatic heterocycles. The average Bonchev–Trinajstić information content (AvgIpc) is 3.42. The van der Waals surface area contributed by atoms with Gasteiger partial charge in [-0.1, -0.05) is 12.1 Å². The van der Waals surface area contributed by atoms with Crippen molar-refractivity contribution in [3.8, 4) is 0 Å². The molecule has 0 fully saturated rings. The zero-order chi connectivity index (χ0) is 31.2. The molecule has 0 spiro atoms. The number of carbonyl (C=O) groups excluding carboxylic acids is 3. The lowest BCUT2D eigenvalue weighted by molar-refractivity contribution is -0.147. The second-order valence-corrected chi connectivity index (χ2v) is 9.57. The number of rotatable bonds is 18. The van der Waals surface area contributed by atoms with E-state index in [0.29, 0.717) is 30.5 Å². The summed E-state index contributed by atoms with van der Waals surface area (Å²) in [6.45, 7) is 2.36. The van der Waals surface area contributed by atoms with E-state index in [1.807, 2.05) is 0 Å². The van der Waals surface area contributed by atoms with Crippen LogP contribution in [0, 0.1) is 0 Å². The van der Waals surface area contributed by atoms with E-state index in [1.54, 1.807) is 37.4 Å². The molecule has 0 saturated carbocycles. The number of methoxy groups -OCH3 is 1. The van der Waals surface area contributed by atoms with Crippen molar-refractivity contribution in [2.45, 2.75) is 45.1 Å². The van der Waals surface area contributed by atoms with Crippen molar-refractivity contribution in [2.24, 2.45) is 0 Å². The molecule has 232 valence electrons. The molecule has 1 aromatic carbocycles. The summed E-state index contributed by atoms with van der Waals surface area (Å²) in [5.41, 5.74) is 2.27. The first kappa shape index (κ1) is 33.1. The van der Waals surface area contributed by atoms with E-state index in [1.165, 1.54) is 13.4 Å². The molecule has 14 heteroatoms. The van der Waals surface area contributed by atoms with Gasteiger partial charge in [0.2, 0.25) is 11.8 Å². The maximum atomic E-state index is 12.9. The molecule has 3 rings (SSSR count). The summed E-state index contributed by atoms with van der Waals surface area (Å²) < 4.78 is 15.2. The van der Waals surface area contributed by atoms with Gasteiger partial charge in [-0.05, 0) is 49.4 Å². The Kier molecular flexibility index (Phi) is 13.0. The van der Waals surface area contributed by atoms with Gasteiger partial charge >= 0.3 is 5.97 Å². The third-order valence-corrected chi connectivity index (χ3v) is 6.63. The first-order chi connectivity index (χ1) is 20.7. The number of benzene rings is 1. The number of fused-ring (bicyclic) bond motifs is 1. The van der Waals surface area contributed by atoms with Crippen molar-refractivity contribution >= 4 is 34.7 Å². The number of aromatic nitrogens is 3. The number of carbonyl (C=O) groups is 4. The minimum atomic E-state index is -1.35. The average molecular weight is 600 g/mol. The van der Waals surface area contributed by atoms with Crippen molar-refractivity contribution in [1.82, 2.24) is 25.2 Å². The standard InChI is InChI=1S/C29H37N5O9/c1-3-42-14-12-24(36)34(13-15-43-18-41-2)23(35)11-10-22(29(39)40)33-27(37)20-7-4-19(5-8-20)6-9-21-16-30-26-25(21)28(38)32-17-31-26/h4-5,7-8,16-17,22H,3,6,9-15,18H2,1-2H3,(H,33,37)(H,39,40)(H2,30,31,32,38). The number of carboxylic acid groups (broad SMARTS) is 1. The molecule has 4 N–H and O–H groups in total. The van der Waals surface area contributed by atoms with Crippen molar-refractivity contribution in [1.29, 1.82) is 0 Å². The van der Waals surface area contributed by atoms with Gasteiger partial charge in [0.15, 0.2) is 0 Å². The first-order valence-electron chi connectivity index (χ1n) is 13.9. The molecule has 0 aliphatic rings. The minimum Gasteiger partial charge on any atom is -0.480 e. The third-order valence-electron chi connectivity index (χ3n) is 6.63. The fourth-order valence-corrected chi connectivity index (χ4v) is 4.36. The quantitative estimate of drug-likeness (QED) is 0.123. The Morgan fingerprint density at radius 3 is 2.47 bits per heavy atom. The van der Waals surface area contributed by atoms with Crippen LogP contribution in [0.15, 0.2) is 41.6 Å². The number of imide groups is 1. The zero-order valence-corrected chi connectivity index (χ0v) is 24.2. The van der Waals surface area contributed by atoms with E-state index in [9.17, 15) is 29.1 Å². The number of hydrogen-bond donors (Lipinski definition) is 4. The molecular formula is C29H37N5O9. The fraction of sp³-hybridized carbons (Fsp3) is 0.448. The smallest absolute Gasteiger partial charge is 0.326 e. The van der Waals surface area contributed by atoms with Crippen molar-refractivity contribution in [2.75, 3.05) is 40.3 Å². The summed E-state index contributed by atoms with van der Waals surface area (Å²) in [5.74, 6) is -2.97. The van der Waals surface area contributed by atoms with Crippen LogP contribution in [0.3, 0.4) is 0 Å². The van der Waals surface area contributed by atoms with Crippen molar-refractivity contribution < 1.29 is 38.5 Å².